The maximum Gasteiger partial charge on any atom is 0.346 e. The molecule has 0 bridgehead atoms. The third-order valence-corrected chi connectivity index (χ3v) is 6.82. The van der Waals surface area contributed by atoms with Crippen LogP contribution in [0.15, 0.2) is 115 Å². The Hall–Kier alpha value is -4.66. The Kier molecular flexibility index (Phi) is 6.13. The van der Waals surface area contributed by atoms with Crippen molar-refractivity contribution >= 4 is 50.5 Å². The third-order valence-electron chi connectivity index (χ3n) is 5.71. The summed E-state index contributed by atoms with van der Waals surface area (Å²) in [4.78, 5) is 14.7. The van der Waals surface area contributed by atoms with Gasteiger partial charge in [0.2, 0.25) is 0 Å². The van der Waals surface area contributed by atoms with Gasteiger partial charge in [0.15, 0.2) is 0 Å². The molecule has 0 fully saturated rings. The Balaban J connectivity index is 1.62. The molecule has 5 aromatic rings. The molecule has 0 aliphatic carbocycles. The van der Waals surface area contributed by atoms with E-state index in [1.54, 1.807) is 17.4 Å². The molecule has 0 radical (unpaired) electrons. The SMILES string of the molecule is N#C/C(=C/c1ccc(-c2ccc(N(c3ccccc3)c3ccccc3)s2)c2ccccc12)C(=O)O. The number of anilines is 3. The maximum atomic E-state index is 11.4. The molecular weight excluding hydrogens is 452 g/mol. The monoisotopic (exact) mass is 472 g/mol. The van der Waals surface area contributed by atoms with Crippen LogP contribution in [0.2, 0.25) is 0 Å². The minimum absolute atomic E-state index is 0.289. The van der Waals surface area contributed by atoms with Crippen molar-refractivity contribution in [1.82, 2.24) is 0 Å². The molecule has 0 saturated carbocycles. The Morgan fingerprint density at radius 2 is 1.37 bits per heavy atom. The number of benzene rings is 4. The second kappa shape index (κ2) is 9.68. The maximum absolute atomic E-state index is 11.4. The van der Waals surface area contributed by atoms with Crippen LogP contribution in [0.25, 0.3) is 27.3 Å². The van der Waals surface area contributed by atoms with Crippen molar-refractivity contribution in [2.75, 3.05) is 4.90 Å². The summed E-state index contributed by atoms with van der Waals surface area (Å²) in [7, 11) is 0. The van der Waals surface area contributed by atoms with E-state index >= 15 is 0 Å². The lowest BCUT2D eigenvalue weighted by Gasteiger charge is -2.23. The van der Waals surface area contributed by atoms with Gasteiger partial charge in [0.05, 0.1) is 0 Å². The molecule has 1 heterocycles. The minimum atomic E-state index is -1.23. The normalized spacial score (nSPS) is 11.2. The Bertz CT molecular complexity index is 1540. The standard InChI is InChI=1S/C30H20N2O2S/c31-20-22(30(33)34)19-21-15-16-27(26-14-8-7-13-25(21)26)28-17-18-29(35-28)32(23-9-3-1-4-10-23)24-11-5-2-6-12-24/h1-19H,(H,33,34)/b22-19-. The van der Waals surface area contributed by atoms with Gasteiger partial charge in [-0.05, 0) is 64.4 Å². The summed E-state index contributed by atoms with van der Waals surface area (Å²) < 4.78 is 0. The number of carbonyl (C=O) groups is 1. The summed E-state index contributed by atoms with van der Waals surface area (Å²) in [5, 5.41) is 21.5. The topological polar surface area (TPSA) is 64.3 Å². The van der Waals surface area contributed by atoms with Crippen LogP contribution in [-0.4, -0.2) is 11.1 Å². The van der Waals surface area contributed by atoms with Crippen molar-refractivity contribution in [3.63, 3.8) is 0 Å². The molecule has 0 aliphatic rings. The molecule has 0 aliphatic heterocycles. The molecule has 168 valence electrons. The molecule has 5 heteroatoms. The highest BCUT2D eigenvalue weighted by molar-refractivity contribution is 7.19. The van der Waals surface area contributed by atoms with Crippen LogP contribution in [0.5, 0.6) is 0 Å². The second-order valence-electron chi connectivity index (χ2n) is 7.87. The highest BCUT2D eigenvalue weighted by Crippen LogP contribution is 2.43. The van der Waals surface area contributed by atoms with Gasteiger partial charge >= 0.3 is 5.97 Å². The van der Waals surface area contributed by atoms with Crippen LogP contribution in [-0.2, 0) is 4.79 Å². The van der Waals surface area contributed by atoms with Crippen molar-refractivity contribution in [2.24, 2.45) is 0 Å². The van der Waals surface area contributed by atoms with E-state index in [-0.39, 0.29) is 5.57 Å². The van der Waals surface area contributed by atoms with Crippen molar-refractivity contribution in [2.45, 2.75) is 0 Å². The summed E-state index contributed by atoms with van der Waals surface area (Å²) >= 11 is 1.69. The smallest absolute Gasteiger partial charge is 0.346 e. The number of aliphatic carboxylic acids is 1. The number of carboxylic acids is 1. The van der Waals surface area contributed by atoms with Gasteiger partial charge in [-0.2, -0.15) is 5.26 Å². The van der Waals surface area contributed by atoms with Gasteiger partial charge in [0.1, 0.15) is 16.6 Å². The third kappa shape index (κ3) is 4.43. The zero-order valence-corrected chi connectivity index (χ0v) is 19.4. The fourth-order valence-electron chi connectivity index (χ4n) is 4.11. The number of carboxylic acid groups (broad SMARTS) is 1. The van der Waals surface area contributed by atoms with Crippen molar-refractivity contribution in [3.8, 4) is 16.5 Å². The summed E-state index contributed by atoms with van der Waals surface area (Å²) in [6.45, 7) is 0. The second-order valence-corrected chi connectivity index (χ2v) is 8.93. The van der Waals surface area contributed by atoms with E-state index in [1.165, 1.54) is 6.08 Å². The van der Waals surface area contributed by atoms with Crippen molar-refractivity contribution < 1.29 is 9.90 Å². The number of nitriles is 1. The van der Waals surface area contributed by atoms with E-state index in [0.29, 0.717) is 5.56 Å². The molecule has 4 aromatic carbocycles. The van der Waals surface area contributed by atoms with E-state index in [2.05, 4.69) is 41.3 Å². The molecule has 35 heavy (non-hydrogen) atoms. The van der Waals surface area contributed by atoms with Crippen LogP contribution < -0.4 is 4.90 Å². The molecule has 5 rings (SSSR count). The van der Waals surface area contributed by atoms with Gasteiger partial charge in [0, 0.05) is 16.3 Å². The lowest BCUT2D eigenvalue weighted by molar-refractivity contribution is -0.132. The molecule has 0 spiro atoms. The number of nitrogens with zero attached hydrogens (tertiary/aromatic N) is 2. The largest absolute Gasteiger partial charge is 0.477 e. The molecule has 0 unspecified atom stereocenters. The van der Waals surface area contributed by atoms with E-state index in [0.717, 1.165) is 37.6 Å². The first kappa shape index (κ1) is 22.1. The first-order chi connectivity index (χ1) is 17.2. The zero-order valence-electron chi connectivity index (χ0n) is 18.6. The van der Waals surface area contributed by atoms with Crippen LogP contribution >= 0.6 is 11.3 Å². The van der Waals surface area contributed by atoms with Gasteiger partial charge in [-0.25, -0.2) is 4.79 Å². The molecule has 4 nitrogen and oxygen atoms in total. The quantitative estimate of drug-likeness (QED) is 0.201. The van der Waals surface area contributed by atoms with Crippen LogP contribution in [0.4, 0.5) is 16.4 Å². The lowest BCUT2D eigenvalue weighted by Crippen LogP contribution is -2.07. The highest BCUT2D eigenvalue weighted by atomic mass is 32.1. The first-order valence-electron chi connectivity index (χ1n) is 11.0. The predicted octanol–water partition coefficient (Wildman–Crippen LogP) is 8.03. The average Bonchev–Trinajstić information content (AvgIpc) is 3.37. The molecule has 1 N–H and O–H groups in total. The summed E-state index contributed by atoms with van der Waals surface area (Å²) in [5.74, 6) is -1.23. The molecule has 0 amide bonds. The van der Waals surface area contributed by atoms with Gasteiger partial charge < -0.3 is 10.0 Å². The fraction of sp³-hybridized carbons (Fsp3) is 0. The van der Waals surface area contributed by atoms with Gasteiger partial charge in [0.25, 0.3) is 0 Å². The molecule has 0 atom stereocenters. The molecule has 0 saturated heterocycles. The number of thiophene rings is 1. The number of para-hydroxylation sites is 2. The molecular formula is C30H20N2O2S. The first-order valence-corrected chi connectivity index (χ1v) is 11.8. The molecule has 1 aromatic heterocycles. The van der Waals surface area contributed by atoms with Gasteiger partial charge in [-0.15, -0.1) is 11.3 Å². The van der Waals surface area contributed by atoms with Gasteiger partial charge in [-0.3, -0.25) is 0 Å². The van der Waals surface area contributed by atoms with Crippen LogP contribution in [0.3, 0.4) is 0 Å². The Morgan fingerprint density at radius 1 is 0.771 bits per heavy atom. The van der Waals surface area contributed by atoms with E-state index in [1.807, 2.05) is 72.8 Å². The summed E-state index contributed by atoms with van der Waals surface area (Å²) in [6, 6.07) is 38.3. The highest BCUT2D eigenvalue weighted by Gasteiger charge is 2.16. The lowest BCUT2D eigenvalue weighted by atomic mass is 9.97. The van der Waals surface area contributed by atoms with Crippen molar-refractivity contribution in [3.05, 3.63) is 120 Å². The van der Waals surface area contributed by atoms with E-state index in [9.17, 15) is 15.2 Å². The number of hydrogen-bond acceptors (Lipinski definition) is 4. The number of fused-ring (bicyclic) bond motifs is 1. The average molecular weight is 473 g/mol. The number of rotatable bonds is 6. The zero-order chi connectivity index (χ0) is 24.2. The Morgan fingerprint density at radius 3 is 1.97 bits per heavy atom. The predicted molar refractivity (Wildman–Crippen MR) is 143 cm³/mol. The van der Waals surface area contributed by atoms with E-state index < -0.39 is 5.97 Å². The Labute approximate surface area is 207 Å². The minimum Gasteiger partial charge on any atom is -0.477 e. The van der Waals surface area contributed by atoms with E-state index in [4.69, 9.17) is 0 Å². The number of hydrogen-bond donors (Lipinski definition) is 1. The van der Waals surface area contributed by atoms with Crippen LogP contribution in [0, 0.1) is 11.3 Å². The van der Waals surface area contributed by atoms with Crippen LogP contribution in [0.1, 0.15) is 5.56 Å². The summed E-state index contributed by atoms with van der Waals surface area (Å²) in [5.41, 5.74) is 3.63. The fourth-order valence-corrected chi connectivity index (χ4v) is 5.20. The van der Waals surface area contributed by atoms with Gasteiger partial charge in [-0.1, -0.05) is 72.8 Å². The summed E-state index contributed by atoms with van der Waals surface area (Å²) in [6.07, 6.45) is 1.43. The van der Waals surface area contributed by atoms with Crippen molar-refractivity contribution in [1.29, 1.82) is 5.26 Å².